The van der Waals surface area contributed by atoms with Crippen molar-refractivity contribution < 1.29 is 28.5 Å². The fraction of sp³-hybridized carbons (Fsp3) is 1.00. The molecular formula is C10H22IN. The molecule has 1 rings (SSSR count). The van der Waals surface area contributed by atoms with Gasteiger partial charge in [0.25, 0.3) is 0 Å². The molecule has 0 aromatic carbocycles. The van der Waals surface area contributed by atoms with Gasteiger partial charge in [0, 0.05) is 0 Å². The van der Waals surface area contributed by atoms with Crippen LogP contribution in [0.4, 0.5) is 0 Å². The summed E-state index contributed by atoms with van der Waals surface area (Å²) < 4.78 is 1.33. The zero-order chi connectivity index (χ0) is 8.32. The van der Waals surface area contributed by atoms with Crippen LogP contribution in [0.15, 0.2) is 0 Å². The average molecular weight is 283 g/mol. The van der Waals surface area contributed by atoms with Crippen LogP contribution < -0.4 is 24.0 Å². The van der Waals surface area contributed by atoms with E-state index in [1.165, 1.54) is 43.3 Å². The number of quaternary nitrogens is 1. The predicted molar refractivity (Wildman–Crippen MR) is 49.5 cm³/mol. The summed E-state index contributed by atoms with van der Waals surface area (Å²) in [6.45, 7) is 7.39. The molecule has 1 aliphatic rings. The molecule has 0 aromatic rings. The molecule has 0 aliphatic carbocycles. The molecule has 2 heteroatoms. The molecule has 1 fully saturated rings. The van der Waals surface area contributed by atoms with Gasteiger partial charge >= 0.3 is 0 Å². The summed E-state index contributed by atoms with van der Waals surface area (Å²) in [6.07, 6.45) is 5.73. The van der Waals surface area contributed by atoms with Gasteiger partial charge in [0.2, 0.25) is 0 Å². The fourth-order valence-electron chi connectivity index (χ4n) is 2.41. The predicted octanol–water partition coefficient (Wildman–Crippen LogP) is -0.581. The molecule has 2 atom stereocenters. The van der Waals surface area contributed by atoms with Gasteiger partial charge in [0.15, 0.2) is 0 Å². The first-order chi connectivity index (χ1) is 5.23. The first-order valence-electron chi connectivity index (χ1n) is 5.07. The number of piperidine rings is 1. The summed E-state index contributed by atoms with van der Waals surface area (Å²) in [4.78, 5) is 0. The van der Waals surface area contributed by atoms with Gasteiger partial charge in [-0.25, -0.2) is 0 Å². The Morgan fingerprint density at radius 3 is 2.33 bits per heavy atom. The van der Waals surface area contributed by atoms with E-state index in [4.69, 9.17) is 0 Å². The Morgan fingerprint density at radius 1 is 1.25 bits per heavy atom. The molecule has 1 saturated heterocycles. The van der Waals surface area contributed by atoms with E-state index in [1.54, 1.807) is 0 Å². The Bertz CT molecular complexity index is 127. The van der Waals surface area contributed by atoms with Crippen LogP contribution in [0.25, 0.3) is 0 Å². The number of hydrogen-bond donors (Lipinski definition) is 0. The van der Waals surface area contributed by atoms with E-state index in [2.05, 4.69) is 20.9 Å². The van der Waals surface area contributed by atoms with Gasteiger partial charge in [-0.2, -0.15) is 0 Å². The van der Waals surface area contributed by atoms with Crippen LogP contribution in [0.3, 0.4) is 0 Å². The molecular weight excluding hydrogens is 261 g/mol. The Balaban J connectivity index is 0.00000121. The molecule has 0 N–H and O–H groups in total. The second-order valence-electron chi connectivity index (χ2n) is 4.08. The lowest BCUT2D eigenvalue weighted by atomic mass is 9.97. The monoisotopic (exact) mass is 283 g/mol. The van der Waals surface area contributed by atoms with Gasteiger partial charge < -0.3 is 28.5 Å². The standard InChI is InChI=1S/C10H22N.HI/c1-4-10-8-6-7-9-11(10,3)5-2;/h10H,4-9H2,1-3H3;1H/q+1;/p-1. The van der Waals surface area contributed by atoms with Gasteiger partial charge in [-0.15, -0.1) is 0 Å². The van der Waals surface area contributed by atoms with Crippen molar-refractivity contribution in [2.24, 2.45) is 0 Å². The second-order valence-corrected chi connectivity index (χ2v) is 4.08. The quantitative estimate of drug-likeness (QED) is 0.470. The number of hydrogen-bond acceptors (Lipinski definition) is 0. The largest absolute Gasteiger partial charge is 1.00 e. The Labute approximate surface area is 94.1 Å². The summed E-state index contributed by atoms with van der Waals surface area (Å²) >= 11 is 0. The van der Waals surface area contributed by atoms with Gasteiger partial charge in [-0.05, 0) is 32.6 Å². The van der Waals surface area contributed by atoms with Crippen LogP contribution in [0, 0.1) is 0 Å². The molecule has 74 valence electrons. The lowest BCUT2D eigenvalue weighted by molar-refractivity contribution is -0.936. The van der Waals surface area contributed by atoms with Gasteiger partial charge in [0.1, 0.15) is 0 Å². The highest BCUT2D eigenvalue weighted by atomic mass is 127. The summed E-state index contributed by atoms with van der Waals surface area (Å²) in [7, 11) is 2.42. The maximum absolute atomic E-state index is 2.42. The highest BCUT2D eigenvalue weighted by molar-refractivity contribution is 4.63. The van der Waals surface area contributed by atoms with E-state index in [0.717, 1.165) is 6.04 Å². The van der Waals surface area contributed by atoms with E-state index in [0.29, 0.717) is 0 Å². The van der Waals surface area contributed by atoms with Crippen molar-refractivity contribution >= 4 is 0 Å². The van der Waals surface area contributed by atoms with Crippen LogP contribution in [-0.2, 0) is 0 Å². The van der Waals surface area contributed by atoms with Crippen molar-refractivity contribution in [3.05, 3.63) is 0 Å². The molecule has 0 bridgehead atoms. The van der Waals surface area contributed by atoms with Gasteiger partial charge in [0.05, 0.1) is 26.2 Å². The van der Waals surface area contributed by atoms with Gasteiger partial charge in [-0.3, -0.25) is 0 Å². The molecule has 1 nitrogen and oxygen atoms in total. The molecule has 2 unspecified atom stereocenters. The van der Waals surface area contributed by atoms with Crippen LogP contribution in [0.5, 0.6) is 0 Å². The van der Waals surface area contributed by atoms with Gasteiger partial charge in [-0.1, -0.05) is 6.92 Å². The third-order valence-electron chi connectivity index (χ3n) is 3.53. The summed E-state index contributed by atoms with van der Waals surface area (Å²) in [5.41, 5.74) is 0. The van der Waals surface area contributed by atoms with Crippen molar-refractivity contribution in [1.82, 2.24) is 0 Å². The lowest BCUT2D eigenvalue weighted by Gasteiger charge is -2.44. The highest BCUT2D eigenvalue weighted by Crippen LogP contribution is 2.25. The summed E-state index contributed by atoms with van der Waals surface area (Å²) in [6, 6.07) is 0.953. The van der Waals surface area contributed by atoms with E-state index in [-0.39, 0.29) is 24.0 Å². The van der Waals surface area contributed by atoms with Crippen LogP contribution in [-0.4, -0.2) is 30.7 Å². The molecule has 12 heavy (non-hydrogen) atoms. The maximum atomic E-state index is 2.42. The molecule has 0 radical (unpaired) electrons. The highest BCUT2D eigenvalue weighted by Gasteiger charge is 2.31. The van der Waals surface area contributed by atoms with Crippen molar-refractivity contribution in [1.29, 1.82) is 0 Å². The van der Waals surface area contributed by atoms with Crippen molar-refractivity contribution in [2.45, 2.75) is 45.6 Å². The summed E-state index contributed by atoms with van der Waals surface area (Å²) in [5.74, 6) is 0. The molecule has 0 saturated carbocycles. The normalized spacial score (nSPS) is 35.8. The third-order valence-corrected chi connectivity index (χ3v) is 3.53. The number of nitrogens with zero attached hydrogens (tertiary/aromatic N) is 1. The molecule has 0 spiro atoms. The van der Waals surface area contributed by atoms with Crippen molar-refractivity contribution in [3.8, 4) is 0 Å². The Morgan fingerprint density at radius 2 is 1.92 bits per heavy atom. The molecule has 0 aromatic heterocycles. The molecule has 1 aliphatic heterocycles. The zero-order valence-corrected chi connectivity index (χ0v) is 10.8. The van der Waals surface area contributed by atoms with E-state index in [9.17, 15) is 0 Å². The minimum absolute atomic E-state index is 0. The van der Waals surface area contributed by atoms with Crippen LogP contribution in [0.2, 0.25) is 0 Å². The van der Waals surface area contributed by atoms with Crippen molar-refractivity contribution in [2.75, 3.05) is 20.1 Å². The third kappa shape index (κ3) is 2.59. The van der Waals surface area contributed by atoms with Crippen LogP contribution >= 0.6 is 0 Å². The number of likely N-dealkylation sites (tertiary alicyclic amines) is 1. The lowest BCUT2D eigenvalue weighted by Crippen LogP contribution is -3.00. The van der Waals surface area contributed by atoms with E-state index in [1.807, 2.05) is 0 Å². The average Bonchev–Trinajstić information content (AvgIpc) is 2.05. The Hall–Kier alpha value is 0.690. The Kier molecular flexibility index (Phi) is 5.74. The second kappa shape index (κ2) is 5.43. The molecule has 1 heterocycles. The number of halogens is 1. The topological polar surface area (TPSA) is 0 Å². The zero-order valence-electron chi connectivity index (χ0n) is 8.65. The number of rotatable bonds is 2. The fourth-order valence-corrected chi connectivity index (χ4v) is 2.41. The maximum Gasteiger partial charge on any atom is 0.0885 e. The molecule has 0 amide bonds. The SMILES string of the molecule is CCC1CCCC[N+]1(C)CC.[I-]. The minimum Gasteiger partial charge on any atom is -1.00 e. The first kappa shape index (κ1) is 12.7. The first-order valence-corrected chi connectivity index (χ1v) is 5.07. The smallest absolute Gasteiger partial charge is 0.0885 e. The van der Waals surface area contributed by atoms with Crippen LogP contribution in [0.1, 0.15) is 39.5 Å². The van der Waals surface area contributed by atoms with E-state index >= 15 is 0 Å². The van der Waals surface area contributed by atoms with Crippen molar-refractivity contribution in [3.63, 3.8) is 0 Å². The minimum atomic E-state index is 0. The summed E-state index contributed by atoms with van der Waals surface area (Å²) in [5, 5.41) is 0. The van der Waals surface area contributed by atoms with E-state index < -0.39 is 0 Å².